The Labute approximate surface area is 423 Å². The third-order valence-corrected chi connectivity index (χ3v) is 18.5. The molecule has 1 aromatic rings. The fraction of sp³-hybridized carbons (Fsp3) is 0.855. The van der Waals surface area contributed by atoms with Gasteiger partial charge in [-0.1, -0.05) is 40.7 Å². The van der Waals surface area contributed by atoms with E-state index in [0.29, 0.717) is 24.0 Å². The Kier molecular flexibility index (Phi) is 18.4. The van der Waals surface area contributed by atoms with E-state index >= 15 is 0 Å². The number of aliphatic hydroxyl groups is 6. The standard InChI is InChI=1S/C37H67NO13.C18H24O2/c1-14-25-37(10,45)30(41)20(4)27(39)18(2)16-35(8,44)32(51-34-28(40)24(38(11)12)15-19(3)47-34)21(5)29(22(6)33(43)49-25)50-26-17-36(9,46-13)31(42)23(7)48-26;1-18-9-8-14-13-5-3-12(19)10-11(13)2-4-15(14)16(18)6-7-17(18)20/h18-26,28-32,34,40-42,44-45H,14-17H2,1-13H3;3,5,10,14-17,19-20H,2,4,6-9H2,1H3/t18-,19-,20+,21+,22-,23+,24+,25-,26+,28-,29+,30-,31+,32-,34+,35-,36-,37-;14-,15-,16+,17+,18+/m11/s1. The van der Waals surface area contributed by atoms with E-state index < -0.39 is 108 Å². The first-order valence-corrected chi connectivity index (χ1v) is 26.6. The molecule has 2 saturated carbocycles. The lowest BCUT2D eigenvalue weighted by molar-refractivity contribution is -0.318. The van der Waals surface area contributed by atoms with E-state index in [4.69, 9.17) is 28.4 Å². The number of methoxy groups -OCH3 is 1. The van der Waals surface area contributed by atoms with Crippen molar-refractivity contribution in [3.63, 3.8) is 0 Å². The lowest BCUT2D eigenvalue weighted by Gasteiger charge is -2.50. The Morgan fingerprint density at radius 3 is 2.15 bits per heavy atom. The monoisotopic (exact) mass is 1010 g/mol. The summed E-state index contributed by atoms with van der Waals surface area (Å²) in [7, 11) is 5.18. The number of cyclic esters (lactones) is 1. The van der Waals surface area contributed by atoms with Gasteiger partial charge in [0.1, 0.15) is 35.4 Å². The molecule has 5 fully saturated rings. The number of carbonyl (C=O) groups is 2. The smallest absolute Gasteiger partial charge is 0.311 e. The summed E-state index contributed by atoms with van der Waals surface area (Å²) in [5, 5.41) is 77.7. The first kappa shape index (κ1) is 57.9. The van der Waals surface area contributed by atoms with Crippen LogP contribution in [0.25, 0.3) is 0 Å². The first-order chi connectivity index (χ1) is 33.0. The number of carbonyl (C=O) groups excluding carboxylic acids is 2. The zero-order valence-corrected chi connectivity index (χ0v) is 45.1. The average Bonchev–Trinajstić information content (AvgIpc) is 3.62. The molecule has 0 radical (unpaired) electrons. The quantitative estimate of drug-likeness (QED) is 0.170. The zero-order valence-electron chi connectivity index (χ0n) is 45.1. The van der Waals surface area contributed by atoms with Gasteiger partial charge in [0.2, 0.25) is 0 Å². The summed E-state index contributed by atoms with van der Waals surface area (Å²) < 4.78 is 37.1. The number of ketones is 1. The number of nitrogens with zero attached hydrogens (tertiary/aromatic N) is 1. The molecule has 0 bridgehead atoms. The summed E-state index contributed by atoms with van der Waals surface area (Å²) in [6, 6.07) is 5.63. The van der Waals surface area contributed by atoms with Crippen LogP contribution in [0.3, 0.4) is 0 Å². The Balaban J connectivity index is 0.000000337. The summed E-state index contributed by atoms with van der Waals surface area (Å²) in [4.78, 5) is 29.8. The highest BCUT2D eigenvalue weighted by molar-refractivity contribution is 5.83. The SMILES string of the molecule is CC[C@H]1OC(=O)[C@H](C)[C@@H](O[C@H]2C[C@@](C)(OC)[C@@H](O)[C@H](C)O2)[C@H](C)[C@@H](O[C@@H]2O[C@H](C)C[C@H](N(C)C)[C@H]2O)[C@](C)(O)C[C@@H](C)C(=O)[C@H](C)[C@@H](O)[C@]1(C)O.C[C@]12CC[C@@H]3c4ccc(O)cc4CC[C@H]3[C@@H]1CC[C@@H]2O. The van der Waals surface area contributed by atoms with Crippen LogP contribution in [0.15, 0.2) is 18.2 Å². The van der Waals surface area contributed by atoms with Gasteiger partial charge in [-0.15, -0.1) is 0 Å². The van der Waals surface area contributed by atoms with E-state index in [1.54, 1.807) is 41.5 Å². The lowest BCUT2D eigenvalue weighted by atomic mass is 9.55. The number of phenolic OH excluding ortho intramolecular Hbond substituents is 1. The van der Waals surface area contributed by atoms with E-state index in [-0.39, 0.29) is 42.9 Å². The number of benzene rings is 1. The Bertz CT molecular complexity index is 1960. The fourth-order valence-corrected chi connectivity index (χ4v) is 14.0. The number of aliphatic hydroxyl groups excluding tert-OH is 4. The molecule has 406 valence electrons. The van der Waals surface area contributed by atoms with Crippen LogP contribution in [0.5, 0.6) is 5.75 Å². The molecule has 0 unspecified atom stereocenters. The van der Waals surface area contributed by atoms with Crippen molar-refractivity contribution >= 4 is 11.8 Å². The van der Waals surface area contributed by atoms with Crippen molar-refractivity contribution < 1.29 is 73.8 Å². The second-order valence-corrected chi connectivity index (χ2v) is 23.9. The van der Waals surface area contributed by atoms with E-state index in [2.05, 4.69) is 13.0 Å². The average molecular weight is 1010 g/mol. The van der Waals surface area contributed by atoms with Gasteiger partial charge in [0.15, 0.2) is 12.6 Å². The highest BCUT2D eigenvalue weighted by Crippen LogP contribution is 2.61. The van der Waals surface area contributed by atoms with Crippen molar-refractivity contribution in [3.8, 4) is 5.75 Å². The number of phenols is 1. The minimum Gasteiger partial charge on any atom is -0.508 e. The van der Waals surface area contributed by atoms with Crippen molar-refractivity contribution in [2.75, 3.05) is 21.2 Å². The second kappa shape index (κ2) is 22.5. The largest absolute Gasteiger partial charge is 0.508 e. The Morgan fingerprint density at radius 2 is 1.52 bits per heavy atom. The normalized spacial score (nSPS) is 47.8. The maximum Gasteiger partial charge on any atom is 0.311 e. The molecule has 7 N–H and O–H groups in total. The van der Waals surface area contributed by atoms with Gasteiger partial charge in [-0.2, -0.15) is 0 Å². The predicted molar refractivity (Wildman–Crippen MR) is 265 cm³/mol. The van der Waals surface area contributed by atoms with Crippen LogP contribution in [0.4, 0.5) is 0 Å². The molecule has 16 nitrogen and oxygen atoms in total. The molecule has 7 rings (SSSR count). The van der Waals surface area contributed by atoms with Crippen LogP contribution in [0, 0.1) is 40.9 Å². The fourth-order valence-electron chi connectivity index (χ4n) is 14.0. The third-order valence-electron chi connectivity index (χ3n) is 18.5. The molecule has 0 aromatic heterocycles. The van der Waals surface area contributed by atoms with Gasteiger partial charge in [0, 0.05) is 37.3 Å². The highest BCUT2D eigenvalue weighted by Gasteiger charge is 2.56. The summed E-state index contributed by atoms with van der Waals surface area (Å²) in [6.07, 6.45) is -2.93. The van der Waals surface area contributed by atoms with E-state index in [1.165, 1.54) is 58.3 Å². The summed E-state index contributed by atoms with van der Waals surface area (Å²) >= 11 is 0. The van der Waals surface area contributed by atoms with Crippen LogP contribution >= 0.6 is 0 Å². The lowest BCUT2D eigenvalue weighted by Crippen LogP contribution is -2.61. The van der Waals surface area contributed by atoms with Gasteiger partial charge in [-0.05, 0) is 160 Å². The van der Waals surface area contributed by atoms with Crippen LogP contribution in [-0.4, -0.2) is 164 Å². The Morgan fingerprint density at radius 1 is 0.845 bits per heavy atom. The molecule has 3 aliphatic heterocycles. The molecule has 3 saturated heterocycles. The van der Waals surface area contributed by atoms with Gasteiger partial charge < -0.3 is 69.1 Å². The van der Waals surface area contributed by atoms with Crippen molar-refractivity contribution in [2.45, 2.75) is 237 Å². The Hall–Kier alpha value is -2.32. The number of aryl methyl sites for hydroxylation is 1. The molecule has 0 amide bonds. The summed E-state index contributed by atoms with van der Waals surface area (Å²) in [6.45, 7) is 18.6. The number of aromatic hydroxyl groups is 1. The number of hydrogen-bond donors (Lipinski definition) is 7. The number of hydrogen-bond acceptors (Lipinski definition) is 16. The van der Waals surface area contributed by atoms with Crippen LogP contribution < -0.4 is 0 Å². The minimum absolute atomic E-state index is 0.0883. The molecule has 1 aromatic carbocycles. The molecule has 3 heterocycles. The van der Waals surface area contributed by atoms with Gasteiger partial charge in [0.05, 0.1) is 53.7 Å². The molecule has 3 aliphatic carbocycles. The van der Waals surface area contributed by atoms with Crippen molar-refractivity contribution in [1.29, 1.82) is 0 Å². The molecule has 23 atom stereocenters. The number of ether oxygens (including phenoxy) is 6. The topological polar surface area (TPSA) is 234 Å². The predicted octanol–water partition coefficient (Wildman–Crippen LogP) is 5.39. The summed E-state index contributed by atoms with van der Waals surface area (Å²) in [5.74, 6) is -2.49. The summed E-state index contributed by atoms with van der Waals surface area (Å²) in [5.41, 5.74) is -1.85. The number of rotatable bonds is 7. The van der Waals surface area contributed by atoms with Gasteiger partial charge in [0.25, 0.3) is 0 Å². The molecule has 6 aliphatic rings. The van der Waals surface area contributed by atoms with Crippen LogP contribution in [0.2, 0.25) is 0 Å². The highest BCUT2D eigenvalue weighted by atomic mass is 16.7. The van der Waals surface area contributed by atoms with Crippen LogP contribution in [0.1, 0.15) is 151 Å². The van der Waals surface area contributed by atoms with Crippen molar-refractivity contribution in [3.05, 3.63) is 29.3 Å². The minimum atomic E-state index is -1.99. The molecular formula is C55H91NO15. The van der Waals surface area contributed by atoms with Gasteiger partial charge in [-0.3, -0.25) is 9.59 Å². The van der Waals surface area contributed by atoms with E-state index in [9.17, 15) is 45.3 Å². The molecule has 0 spiro atoms. The maximum absolute atomic E-state index is 14.1. The zero-order chi connectivity index (χ0) is 52.9. The van der Waals surface area contributed by atoms with E-state index in [1.807, 2.05) is 38.1 Å². The number of likely N-dealkylation sites (N-methyl/N-ethyl adjacent to an activating group) is 1. The van der Waals surface area contributed by atoms with Crippen molar-refractivity contribution in [1.82, 2.24) is 4.90 Å². The number of Topliss-reactive ketones (excluding diaryl/α,β-unsaturated/α-hetero) is 1. The number of fused-ring (bicyclic) bond motifs is 5. The van der Waals surface area contributed by atoms with E-state index in [0.717, 1.165) is 25.2 Å². The number of esters is 1. The van der Waals surface area contributed by atoms with Gasteiger partial charge >= 0.3 is 5.97 Å². The molecular weight excluding hydrogens is 915 g/mol. The second-order valence-electron chi connectivity index (χ2n) is 23.9. The first-order valence-electron chi connectivity index (χ1n) is 26.6. The molecule has 71 heavy (non-hydrogen) atoms. The van der Waals surface area contributed by atoms with Gasteiger partial charge in [-0.25, -0.2) is 0 Å². The molecule has 16 heteroatoms. The third kappa shape index (κ3) is 11.7. The van der Waals surface area contributed by atoms with Crippen LogP contribution in [-0.2, 0) is 44.4 Å². The maximum atomic E-state index is 14.1. The van der Waals surface area contributed by atoms with Crippen molar-refractivity contribution in [2.24, 2.45) is 40.9 Å².